The minimum Gasteiger partial charge on any atom is -0.496 e. The van der Waals surface area contributed by atoms with Crippen molar-refractivity contribution in [1.82, 2.24) is 14.8 Å². The van der Waals surface area contributed by atoms with Crippen LogP contribution in [0, 0.1) is 0 Å². The predicted octanol–water partition coefficient (Wildman–Crippen LogP) is 5.87. The molecule has 0 saturated heterocycles. The van der Waals surface area contributed by atoms with Gasteiger partial charge in [0.1, 0.15) is 16.3 Å². The summed E-state index contributed by atoms with van der Waals surface area (Å²) in [4.78, 5) is 25.4. The molecule has 0 aliphatic rings. The Kier molecular flexibility index (Phi) is 8.29. The minimum absolute atomic E-state index is 0.0822. The minimum atomic E-state index is -0.531. The Hall–Kier alpha value is -3.34. The van der Waals surface area contributed by atoms with Gasteiger partial charge in [0.25, 0.3) is 0 Å². The fourth-order valence-electron chi connectivity index (χ4n) is 3.60. The molecule has 4 rings (SSSR count). The summed E-state index contributed by atoms with van der Waals surface area (Å²) in [5, 5.41) is 14.9. The zero-order chi connectivity index (χ0) is 25.7. The highest BCUT2D eigenvalue weighted by Crippen LogP contribution is 2.37. The average molecular weight is 543 g/mol. The van der Waals surface area contributed by atoms with Crippen molar-refractivity contribution in [3.8, 4) is 28.3 Å². The van der Waals surface area contributed by atoms with Gasteiger partial charge in [-0.1, -0.05) is 47.6 Å². The van der Waals surface area contributed by atoms with Crippen LogP contribution in [0.2, 0.25) is 5.02 Å². The van der Waals surface area contributed by atoms with Crippen molar-refractivity contribution in [2.24, 2.45) is 0 Å². The highest BCUT2D eigenvalue weighted by atomic mass is 35.5. The van der Waals surface area contributed by atoms with Gasteiger partial charge < -0.3 is 19.4 Å². The summed E-state index contributed by atoms with van der Waals surface area (Å²) < 4.78 is 12.4. The molecule has 0 saturated carbocycles. The molecule has 1 amide bonds. The van der Waals surface area contributed by atoms with Gasteiger partial charge >= 0.3 is 5.97 Å². The Bertz CT molecular complexity index is 1390. The van der Waals surface area contributed by atoms with Crippen LogP contribution in [0.5, 0.6) is 5.75 Å². The van der Waals surface area contributed by atoms with E-state index in [-0.39, 0.29) is 11.7 Å². The van der Waals surface area contributed by atoms with Crippen molar-refractivity contribution in [2.45, 2.75) is 18.6 Å². The second-order valence-corrected chi connectivity index (χ2v) is 9.70. The highest BCUT2D eigenvalue weighted by molar-refractivity contribution is 7.99. The van der Waals surface area contributed by atoms with Gasteiger partial charge in [-0.2, -0.15) is 0 Å². The van der Waals surface area contributed by atoms with Crippen LogP contribution in [0.4, 0.5) is 5.00 Å². The molecule has 0 bridgehead atoms. The molecule has 1 N–H and O–H groups in total. The lowest BCUT2D eigenvalue weighted by Gasteiger charge is -2.10. The fraction of sp³-hybridized carbons (Fsp3) is 0.200. The van der Waals surface area contributed by atoms with Gasteiger partial charge in [0.05, 0.1) is 25.5 Å². The number of nitrogens with zero attached hydrogens (tertiary/aromatic N) is 3. The number of rotatable bonds is 9. The number of methoxy groups -OCH3 is 2. The van der Waals surface area contributed by atoms with Gasteiger partial charge in [-0.15, -0.1) is 21.5 Å². The Labute approximate surface area is 221 Å². The van der Waals surface area contributed by atoms with Crippen molar-refractivity contribution in [3.05, 3.63) is 64.5 Å². The second kappa shape index (κ2) is 11.6. The molecule has 0 atom stereocenters. The van der Waals surface area contributed by atoms with E-state index < -0.39 is 5.97 Å². The molecule has 2 aromatic carbocycles. The largest absolute Gasteiger partial charge is 0.496 e. The van der Waals surface area contributed by atoms with Crippen molar-refractivity contribution >= 4 is 51.6 Å². The van der Waals surface area contributed by atoms with E-state index in [1.165, 1.54) is 30.2 Å². The summed E-state index contributed by atoms with van der Waals surface area (Å²) in [5.74, 6) is 0.629. The number of esters is 1. The number of nitrogens with one attached hydrogen (secondary N) is 1. The summed E-state index contributed by atoms with van der Waals surface area (Å²) in [7, 11) is 2.92. The summed E-state index contributed by atoms with van der Waals surface area (Å²) >= 11 is 8.52. The van der Waals surface area contributed by atoms with Crippen LogP contribution in [0.25, 0.3) is 22.5 Å². The molecule has 0 radical (unpaired) electrons. The van der Waals surface area contributed by atoms with Gasteiger partial charge in [0.2, 0.25) is 5.91 Å². The molecule has 0 aliphatic carbocycles. The van der Waals surface area contributed by atoms with Crippen LogP contribution in [0.1, 0.15) is 17.3 Å². The zero-order valence-electron chi connectivity index (χ0n) is 19.8. The number of carbonyl (C=O) groups excluding carboxylic acids is 2. The van der Waals surface area contributed by atoms with Crippen LogP contribution < -0.4 is 10.1 Å². The first-order valence-electron chi connectivity index (χ1n) is 10.9. The van der Waals surface area contributed by atoms with Crippen molar-refractivity contribution in [2.75, 3.05) is 25.3 Å². The first kappa shape index (κ1) is 25.7. The number of carbonyl (C=O) groups is 2. The van der Waals surface area contributed by atoms with Crippen molar-refractivity contribution < 1.29 is 19.1 Å². The average Bonchev–Trinajstić information content (AvgIpc) is 3.51. The predicted molar refractivity (Wildman–Crippen MR) is 143 cm³/mol. The number of ether oxygens (including phenoxy) is 2. The van der Waals surface area contributed by atoms with E-state index in [1.807, 2.05) is 53.3 Å². The first-order chi connectivity index (χ1) is 17.5. The third kappa shape index (κ3) is 5.40. The quantitative estimate of drug-likeness (QED) is 0.208. The van der Waals surface area contributed by atoms with E-state index >= 15 is 0 Å². The van der Waals surface area contributed by atoms with Crippen LogP contribution in [0.3, 0.4) is 0 Å². The number of thioether (sulfide) groups is 1. The van der Waals surface area contributed by atoms with Crippen LogP contribution in [-0.4, -0.2) is 46.6 Å². The molecule has 2 aromatic heterocycles. The van der Waals surface area contributed by atoms with E-state index in [0.717, 1.165) is 11.1 Å². The van der Waals surface area contributed by atoms with E-state index in [9.17, 15) is 9.59 Å². The lowest BCUT2D eigenvalue weighted by Crippen LogP contribution is -2.16. The molecular weight excluding hydrogens is 520 g/mol. The number of amides is 1. The number of anilines is 1. The standard InChI is InChI=1S/C25H23ClN4O4S2/c1-4-30-22(17-7-5-6-8-19(17)33-2)28-29-25(30)36-14-20(31)27-23-21(24(32)34-3)18(13-35-23)15-9-11-16(26)12-10-15/h5-13H,4,14H2,1-3H3,(H,27,31). The van der Waals surface area contributed by atoms with Crippen molar-refractivity contribution in [3.63, 3.8) is 0 Å². The molecular formula is C25H23ClN4O4S2. The Morgan fingerprint density at radius 1 is 1.08 bits per heavy atom. The van der Waals surface area contributed by atoms with E-state index in [2.05, 4.69) is 15.5 Å². The molecule has 4 aromatic rings. The van der Waals surface area contributed by atoms with E-state index in [0.29, 0.717) is 44.4 Å². The number of hydrogen-bond donors (Lipinski definition) is 1. The van der Waals surface area contributed by atoms with Gasteiger partial charge in [-0.3, -0.25) is 4.79 Å². The monoisotopic (exact) mass is 542 g/mol. The molecule has 11 heteroatoms. The summed E-state index contributed by atoms with van der Waals surface area (Å²) in [6.07, 6.45) is 0. The lowest BCUT2D eigenvalue weighted by molar-refractivity contribution is -0.113. The SMILES string of the molecule is CCn1c(SCC(=O)Nc2scc(-c3ccc(Cl)cc3)c2C(=O)OC)nnc1-c1ccccc1OC. The Balaban J connectivity index is 1.52. The van der Waals surface area contributed by atoms with Crippen LogP contribution in [-0.2, 0) is 16.1 Å². The maximum absolute atomic E-state index is 12.8. The molecule has 8 nitrogen and oxygen atoms in total. The molecule has 0 aliphatic heterocycles. The number of thiophene rings is 1. The Morgan fingerprint density at radius 3 is 2.53 bits per heavy atom. The van der Waals surface area contributed by atoms with E-state index in [4.69, 9.17) is 21.1 Å². The molecule has 186 valence electrons. The summed E-state index contributed by atoms with van der Waals surface area (Å²) in [6.45, 7) is 2.60. The van der Waals surface area contributed by atoms with Crippen LogP contribution in [0.15, 0.2) is 59.1 Å². The summed E-state index contributed by atoms with van der Waals surface area (Å²) in [6, 6.07) is 14.7. The molecule has 0 unspecified atom stereocenters. The second-order valence-electron chi connectivity index (χ2n) is 7.44. The molecule has 36 heavy (non-hydrogen) atoms. The number of benzene rings is 2. The number of hydrogen-bond acceptors (Lipinski definition) is 8. The molecule has 0 spiro atoms. The van der Waals surface area contributed by atoms with Gasteiger partial charge in [-0.05, 0) is 36.8 Å². The first-order valence-corrected chi connectivity index (χ1v) is 13.2. The smallest absolute Gasteiger partial charge is 0.341 e. The number of para-hydroxylation sites is 1. The van der Waals surface area contributed by atoms with Crippen LogP contribution >= 0.6 is 34.7 Å². The van der Waals surface area contributed by atoms with Gasteiger partial charge in [-0.25, -0.2) is 4.79 Å². The Morgan fingerprint density at radius 2 is 1.83 bits per heavy atom. The summed E-state index contributed by atoms with van der Waals surface area (Å²) in [5.41, 5.74) is 2.59. The zero-order valence-corrected chi connectivity index (χ0v) is 22.2. The molecule has 0 fully saturated rings. The fourth-order valence-corrected chi connectivity index (χ4v) is 5.50. The molecule has 2 heterocycles. The maximum Gasteiger partial charge on any atom is 0.341 e. The lowest BCUT2D eigenvalue weighted by atomic mass is 10.0. The number of aromatic nitrogens is 3. The van der Waals surface area contributed by atoms with Gasteiger partial charge in [0, 0.05) is 22.5 Å². The normalized spacial score (nSPS) is 10.8. The highest BCUT2D eigenvalue weighted by Gasteiger charge is 2.23. The topological polar surface area (TPSA) is 95.3 Å². The van der Waals surface area contributed by atoms with E-state index in [1.54, 1.807) is 19.2 Å². The van der Waals surface area contributed by atoms with Gasteiger partial charge in [0.15, 0.2) is 11.0 Å². The third-order valence-corrected chi connectivity index (χ3v) is 7.42. The third-order valence-electron chi connectivity index (χ3n) is 5.30. The van der Waals surface area contributed by atoms with Crippen molar-refractivity contribution in [1.29, 1.82) is 0 Å². The maximum atomic E-state index is 12.8. The number of halogens is 1.